The smallest absolute Gasteiger partial charge is 0.287 e. The number of nitrogens with one attached hydrogen (secondary N) is 1. The third kappa shape index (κ3) is 5.07. The first kappa shape index (κ1) is 25.0. The first-order valence-corrected chi connectivity index (χ1v) is 14.0. The number of hydrogen-bond donors (Lipinski definition) is 1. The second-order valence-electron chi connectivity index (χ2n) is 9.71. The van der Waals surface area contributed by atoms with Crippen LogP contribution in [0.15, 0.2) is 101 Å². The van der Waals surface area contributed by atoms with Crippen molar-refractivity contribution in [2.75, 3.05) is 31.1 Å². The van der Waals surface area contributed by atoms with E-state index in [0.717, 1.165) is 27.8 Å². The number of aromatic nitrogens is 3. The van der Waals surface area contributed by atoms with Crippen molar-refractivity contribution in [3.05, 3.63) is 118 Å². The number of aryl methyl sites for hydroxylation is 1. The van der Waals surface area contributed by atoms with Gasteiger partial charge in [-0.15, -0.1) is 11.8 Å². The Morgan fingerprint density at radius 1 is 0.923 bits per heavy atom. The second kappa shape index (κ2) is 10.8. The van der Waals surface area contributed by atoms with Gasteiger partial charge in [0.15, 0.2) is 0 Å². The molecule has 2 aromatic heterocycles. The molecule has 0 radical (unpaired) electrons. The van der Waals surface area contributed by atoms with Gasteiger partial charge in [-0.25, -0.2) is 0 Å². The largest absolute Gasteiger partial charge is 0.366 e. The molecule has 3 heterocycles. The predicted molar refractivity (Wildman–Crippen MR) is 157 cm³/mol. The van der Waals surface area contributed by atoms with Crippen molar-refractivity contribution in [3.8, 4) is 5.69 Å². The molecule has 1 aliphatic rings. The summed E-state index contributed by atoms with van der Waals surface area (Å²) in [6.07, 6.45) is 3.59. The van der Waals surface area contributed by atoms with E-state index in [0.29, 0.717) is 42.4 Å². The van der Waals surface area contributed by atoms with Crippen LogP contribution in [0, 0.1) is 6.92 Å². The number of anilines is 1. The van der Waals surface area contributed by atoms with Crippen LogP contribution in [0.4, 0.5) is 5.69 Å². The lowest BCUT2D eigenvalue weighted by molar-refractivity contribution is 0.0748. The van der Waals surface area contributed by atoms with Crippen molar-refractivity contribution in [3.63, 3.8) is 0 Å². The van der Waals surface area contributed by atoms with Crippen LogP contribution in [0.3, 0.4) is 0 Å². The van der Waals surface area contributed by atoms with Crippen LogP contribution in [-0.4, -0.2) is 51.8 Å². The van der Waals surface area contributed by atoms with E-state index in [1.807, 2.05) is 59.5 Å². The van der Waals surface area contributed by atoms with Gasteiger partial charge in [0.05, 0.1) is 23.1 Å². The molecule has 39 heavy (non-hydrogen) atoms. The van der Waals surface area contributed by atoms with Crippen molar-refractivity contribution in [1.82, 2.24) is 19.7 Å². The Morgan fingerprint density at radius 2 is 1.64 bits per heavy atom. The van der Waals surface area contributed by atoms with Crippen molar-refractivity contribution in [2.45, 2.75) is 17.6 Å². The van der Waals surface area contributed by atoms with Crippen molar-refractivity contribution in [2.24, 2.45) is 0 Å². The number of nitrogens with zero attached hydrogens (tertiary/aromatic N) is 4. The van der Waals surface area contributed by atoms with Crippen LogP contribution in [0.1, 0.15) is 21.5 Å². The standard InChI is InChI=1S/C31H29N5O2S/c1-22-11-13-23(14-12-22)21-39-29-28(20-33-36(31(29)38)24-7-3-2-4-8-24)34-15-17-35(18-16-34)30(37)26-19-32-27-10-6-5-9-25(26)27/h2-14,19-20,32H,15-18,21H2,1H3. The van der Waals surface area contributed by atoms with Gasteiger partial charge in [-0.3, -0.25) is 9.59 Å². The molecule has 0 atom stereocenters. The van der Waals surface area contributed by atoms with Gasteiger partial charge in [-0.05, 0) is 30.7 Å². The maximum Gasteiger partial charge on any atom is 0.287 e. The van der Waals surface area contributed by atoms with E-state index in [4.69, 9.17) is 0 Å². The molecule has 6 rings (SSSR count). The third-order valence-electron chi connectivity index (χ3n) is 7.15. The molecule has 5 aromatic rings. The fraction of sp³-hybridized carbons (Fsp3) is 0.194. The van der Waals surface area contributed by atoms with Gasteiger partial charge < -0.3 is 14.8 Å². The summed E-state index contributed by atoms with van der Waals surface area (Å²) in [5, 5.41) is 5.48. The van der Waals surface area contributed by atoms with E-state index >= 15 is 0 Å². The molecule has 0 aliphatic carbocycles. The van der Waals surface area contributed by atoms with Crippen molar-refractivity contribution >= 4 is 34.3 Å². The van der Waals surface area contributed by atoms with Gasteiger partial charge in [-0.1, -0.05) is 66.2 Å². The SMILES string of the molecule is Cc1ccc(CSc2c(N3CCN(C(=O)c4c[nH]c5ccccc45)CC3)cnn(-c3ccccc3)c2=O)cc1. The third-order valence-corrected chi connectivity index (χ3v) is 8.30. The number of thioether (sulfide) groups is 1. The summed E-state index contributed by atoms with van der Waals surface area (Å²) in [7, 11) is 0. The lowest BCUT2D eigenvalue weighted by atomic mass is 10.1. The molecule has 8 heteroatoms. The van der Waals surface area contributed by atoms with E-state index in [1.54, 1.807) is 24.2 Å². The van der Waals surface area contributed by atoms with Crippen LogP contribution < -0.4 is 10.5 Å². The lowest BCUT2D eigenvalue weighted by Crippen LogP contribution is -2.49. The minimum Gasteiger partial charge on any atom is -0.366 e. The zero-order valence-corrected chi connectivity index (χ0v) is 22.5. The fourth-order valence-corrected chi connectivity index (χ4v) is 6.00. The maximum absolute atomic E-state index is 13.7. The number of para-hydroxylation sites is 2. The maximum atomic E-state index is 13.7. The zero-order valence-electron chi connectivity index (χ0n) is 21.7. The highest BCUT2D eigenvalue weighted by Gasteiger charge is 2.26. The monoisotopic (exact) mass is 535 g/mol. The average Bonchev–Trinajstić information content (AvgIpc) is 3.42. The zero-order chi connectivity index (χ0) is 26.8. The van der Waals surface area contributed by atoms with Gasteiger partial charge in [0, 0.05) is 49.0 Å². The molecule has 1 amide bonds. The summed E-state index contributed by atoms with van der Waals surface area (Å²) in [5.41, 5.74) is 5.45. The van der Waals surface area contributed by atoms with Crippen molar-refractivity contribution < 1.29 is 4.79 Å². The molecule has 0 saturated carbocycles. The van der Waals surface area contributed by atoms with Crippen LogP contribution in [-0.2, 0) is 5.75 Å². The quantitative estimate of drug-likeness (QED) is 0.300. The van der Waals surface area contributed by atoms with Gasteiger partial charge >= 0.3 is 0 Å². The normalized spacial score (nSPS) is 13.7. The lowest BCUT2D eigenvalue weighted by Gasteiger charge is -2.36. The number of fused-ring (bicyclic) bond motifs is 1. The highest BCUT2D eigenvalue weighted by atomic mass is 32.2. The van der Waals surface area contributed by atoms with Gasteiger partial charge in [0.2, 0.25) is 0 Å². The van der Waals surface area contributed by atoms with E-state index < -0.39 is 0 Å². The molecular weight excluding hydrogens is 506 g/mol. The molecule has 1 saturated heterocycles. The summed E-state index contributed by atoms with van der Waals surface area (Å²) in [6.45, 7) is 4.47. The fourth-order valence-electron chi connectivity index (χ4n) is 4.95. The van der Waals surface area contributed by atoms with Gasteiger partial charge in [-0.2, -0.15) is 9.78 Å². The Bertz CT molecular complexity index is 1670. The summed E-state index contributed by atoms with van der Waals surface area (Å²) in [4.78, 5) is 35.0. The number of rotatable bonds is 6. The molecule has 0 bridgehead atoms. The van der Waals surface area contributed by atoms with Crippen molar-refractivity contribution in [1.29, 1.82) is 0 Å². The number of aromatic amines is 1. The molecule has 7 nitrogen and oxygen atoms in total. The Balaban J connectivity index is 1.25. The number of carbonyl (C=O) groups is 1. The molecule has 196 valence electrons. The van der Waals surface area contributed by atoms with E-state index in [2.05, 4.69) is 46.2 Å². The minimum atomic E-state index is -0.131. The predicted octanol–water partition coefficient (Wildman–Crippen LogP) is 5.28. The number of carbonyl (C=O) groups excluding carboxylic acids is 1. The molecule has 1 aliphatic heterocycles. The number of benzene rings is 3. The highest BCUT2D eigenvalue weighted by molar-refractivity contribution is 7.98. The summed E-state index contributed by atoms with van der Waals surface area (Å²) < 4.78 is 1.47. The van der Waals surface area contributed by atoms with E-state index in [9.17, 15) is 9.59 Å². The number of amides is 1. The molecule has 3 aromatic carbocycles. The first-order chi connectivity index (χ1) is 19.1. The number of hydrogen-bond acceptors (Lipinski definition) is 5. The topological polar surface area (TPSA) is 74.2 Å². The Kier molecular flexibility index (Phi) is 6.94. The molecule has 1 fully saturated rings. The number of H-pyrrole nitrogens is 1. The second-order valence-corrected chi connectivity index (χ2v) is 10.7. The first-order valence-electron chi connectivity index (χ1n) is 13.0. The van der Waals surface area contributed by atoms with E-state index in [-0.39, 0.29) is 11.5 Å². The van der Waals surface area contributed by atoms with Gasteiger partial charge in [0.1, 0.15) is 4.90 Å². The molecule has 0 unspecified atom stereocenters. The summed E-state index contributed by atoms with van der Waals surface area (Å²) >= 11 is 1.54. The Hall–Kier alpha value is -4.30. The molecule has 0 spiro atoms. The van der Waals surface area contributed by atoms with Crippen LogP contribution in [0.5, 0.6) is 0 Å². The van der Waals surface area contributed by atoms with E-state index in [1.165, 1.54) is 10.2 Å². The van der Waals surface area contributed by atoms with Crippen LogP contribution in [0.25, 0.3) is 16.6 Å². The van der Waals surface area contributed by atoms with Crippen LogP contribution >= 0.6 is 11.8 Å². The molecule has 1 N–H and O–H groups in total. The number of piperazine rings is 1. The van der Waals surface area contributed by atoms with Gasteiger partial charge in [0.25, 0.3) is 11.5 Å². The van der Waals surface area contributed by atoms with Crippen LogP contribution in [0.2, 0.25) is 0 Å². The molecular formula is C31H29N5O2S. The summed E-state index contributed by atoms with van der Waals surface area (Å²) in [6, 6.07) is 25.8. The highest BCUT2D eigenvalue weighted by Crippen LogP contribution is 2.31. The summed E-state index contributed by atoms with van der Waals surface area (Å²) in [5.74, 6) is 0.707. The minimum absolute atomic E-state index is 0.0266. The Labute approximate surface area is 231 Å². The Morgan fingerprint density at radius 3 is 2.41 bits per heavy atom. The average molecular weight is 536 g/mol.